The maximum absolute atomic E-state index is 12.5. The van der Waals surface area contributed by atoms with Crippen LogP contribution < -0.4 is 10.6 Å². The molecule has 0 spiro atoms. The third-order valence-electron chi connectivity index (χ3n) is 3.68. The van der Waals surface area contributed by atoms with Crippen molar-refractivity contribution in [3.63, 3.8) is 0 Å². The lowest BCUT2D eigenvalue weighted by molar-refractivity contribution is 0.0777. The van der Waals surface area contributed by atoms with Crippen LogP contribution in [0.4, 0.5) is 10.9 Å². The van der Waals surface area contributed by atoms with Crippen LogP contribution in [0.2, 0.25) is 0 Å². The van der Waals surface area contributed by atoms with E-state index in [4.69, 9.17) is 5.73 Å². The minimum Gasteiger partial charge on any atom is -0.382 e. The van der Waals surface area contributed by atoms with E-state index in [1.165, 1.54) is 24.2 Å². The van der Waals surface area contributed by atoms with E-state index < -0.39 is 10.8 Å². The fraction of sp³-hybridized carbons (Fsp3) is 0.667. The zero-order valence-electron chi connectivity index (χ0n) is 11.2. The van der Waals surface area contributed by atoms with Gasteiger partial charge in [0.1, 0.15) is 10.7 Å². The van der Waals surface area contributed by atoms with E-state index in [0.29, 0.717) is 35.3 Å². The lowest BCUT2D eigenvalue weighted by Gasteiger charge is -2.25. The fourth-order valence-electron chi connectivity index (χ4n) is 2.50. The normalized spacial score (nSPS) is 20.6. The van der Waals surface area contributed by atoms with Gasteiger partial charge in [-0.25, -0.2) is 4.98 Å². The number of hydrogen-bond acceptors (Lipinski definition) is 6. The first-order valence-corrected chi connectivity index (χ1v) is 9.11. The van der Waals surface area contributed by atoms with Crippen LogP contribution in [0.25, 0.3) is 0 Å². The molecule has 0 saturated carbocycles. The highest BCUT2D eigenvalue weighted by Crippen LogP contribution is 2.31. The molecule has 0 bridgehead atoms. The molecule has 1 aromatic rings. The fourth-order valence-corrected chi connectivity index (χ4v) is 4.56. The minimum absolute atomic E-state index is 0.0675. The lowest BCUT2D eigenvalue weighted by atomic mass is 10.4. The van der Waals surface area contributed by atoms with Crippen molar-refractivity contribution in [3.8, 4) is 0 Å². The molecule has 0 unspecified atom stereocenters. The Labute approximate surface area is 124 Å². The monoisotopic (exact) mass is 314 g/mol. The van der Waals surface area contributed by atoms with E-state index in [9.17, 15) is 9.00 Å². The number of nitrogens with zero attached hydrogens (tertiary/aromatic N) is 3. The van der Waals surface area contributed by atoms with Crippen molar-refractivity contribution in [2.24, 2.45) is 0 Å². The summed E-state index contributed by atoms with van der Waals surface area (Å²) in [7, 11) is -0.781. The number of rotatable bonds is 2. The van der Waals surface area contributed by atoms with Crippen molar-refractivity contribution in [3.05, 3.63) is 4.88 Å². The predicted molar refractivity (Wildman–Crippen MR) is 81.8 cm³/mol. The topological polar surface area (TPSA) is 79.5 Å². The third kappa shape index (κ3) is 2.67. The molecule has 3 heterocycles. The molecule has 2 aliphatic heterocycles. The van der Waals surface area contributed by atoms with Gasteiger partial charge in [0.2, 0.25) is 0 Å². The predicted octanol–water partition coefficient (Wildman–Crippen LogP) is 0.530. The highest BCUT2D eigenvalue weighted by atomic mass is 32.2. The Balaban J connectivity index is 1.75. The van der Waals surface area contributed by atoms with Gasteiger partial charge in [-0.15, -0.1) is 0 Å². The van der Waals surface area contributed by atoms with Gasteiger partial charge in [-0.2, -0.15) is 0 Å². The minimum atomic E-state index is -0.781. The van der Waals surface area contributed by atoms with Gasteiger partial charge >= 0.3 is 0 Å². The summed E-state index contributed by atoms with van der Waals surface area (Å²) < 4.78 is 11.3. The van der Waals surface area contributed by atoms with E-state index in [0.717, 1.165) is 18.2 Å². The van der Waals surface area contributed by atoms with Gasteiger partial charge in [0, 0.05) is 48.5 Å². The zero-order valence-corrected chi connectivity index (χ0v) is 12.8. The van der Waals surface area contributed by atoms with Crippen molar-refractivity contribution in [2.75, 3.05) is 48.3 Å². The van der Waals surface area contributed by atoms with Gasteiger partial charge in [-0.3, -0.25) is 9.00 Å². The van der Waals surface area contributed by atoms with E-state index in [1.807, 2.05) is 0 Å². The number of amides is 1. The third-order valence-corrected chi connectivity index (χ3v) is 6.07. The molecule has 8 heteroatoms. The first-order valence-electron chi connectivity index (χ1n) is 6.80. The maximum Gasteiger partial charge on any atom is 0.267 e. The van der Waals surface area contributed by atoms with Gasteiger partial charge in [0.25, 0.3) is 5.91 Å². The molecule has 0 atom stereocenters. The summed E-state index contributed by atoms with van der Waals surface area (Å²) in [6.07, 6.45) is 2.33. The standard InChI is InChI=1S/C12H18N4O2S2/c13-10-9(11(17)15-5-7-20(18)8-6-15)19-12(14-10)16-3-1-2-4-16/h1-8,13H2. The molecule has 2 N–H and O–H groups in total. The molecule has 0 radical (unpaired) electrons. The second-order valence-corrected chi connectivity index (χ2v) is 7.72. The smallest absolute Gasteiger partial charge is 0.267 e. The Morgan fingerprint density at radius 1 is 1.20 bits per heavy atom. The number of hydrogen-bond donors (Lipinski definition) is 1. The van der Waals surface area contributed by atoms with E-state index in [2.05, 4.69) is 9.88 Å². The van der Waals surface area contributed by atoms with Gasteiger partial charge < -0.3 is 15.5 Å². The summed E-state index contributed by atoms with van der Waals surface area (Å²) in [5.41, 5.74) is 5.91. The number of thiazole rings is 1. The average molecular weight is 314 g/mol. The van der Waals surface area contributed by atoms with Crippen LogP contribution in [0.1, 0.15) is 22.5 Å². The molecule has 0 aliphatic carbocycles. The van der Waals surface area contributed by atoms with Crippen LogP contribution in [0.3, 0.4) is 0 Å². The molecule has 3 rings (SSSR count). The van der Waals surface area contributed by atoms with Crippen LogP contribution in [0, 0.1) is 0 Å². The van der Waals surface area contributed by atoms with E-state index in [-0.39, 0.29) is 5.91 Å². The van der Waals surface area contributed by atoms with E-state index in [1.54, 1.807) is 4.90 Å². The van der Waals surface area contributed by atoms with Crippen molar-refractivity contribution in [1.29, 1.82) is 0 Å². The molecule has 2 fully saturated rings. The summed E-state index contributed by atoms with van der Waals surface area (Å²) in [4.78, 5) is 21.2. The summed E-state index contributed by atoms with van der Waals surface area (Å²) in [5, 5.41) is 0.851. The van der Waals surface area contributed by atoms with Crippen LogP contribution in [-0.2, 0) is 10.8 Å². The zero-order chi connectivity index (χ0) is 14.1. The quantitative estimate of drug-likeness (QED) is 0.861. The molecule has 2 aliphatic rings. The first kappa shape index (κ1) is 13.8. The largest absolute Gasteiger partial charge is 0.382 e. The number of carbonyl (C=O) groups excluding carboxylic acids is 1. The Bertz CT molecular complexity index is 530. The molecular weight excluding hydrogens is 296 g/mol. The Morgan fingerprint density at radius 2 is 1.85 bits per heavy atom. The van der Waals surface area contributed by atoms with Crippen LogP contribution in [0.5, 0.6) is 0 Å². The second-order valence-electron chi connectivity index (χ2n) is 5.05. The summed E-state index contributed by atoms with van der Waals surface area (Å²) in [6.45, 7) is 3.07. The van der Waals surface area contributed by atoms with Crippen molar-refractivity contribution in [2.45, 2.75) is 12.8 Å². The highest BCUT2D eigenvalue weighted by molar-refractivity contribution is 7.85. The molecule has 1 amide bonds. The Morgan fingerprint density at radius 3 is 2.50 bits per heavy atom. The maximum atomic E-state index is 12.5. The van der Waals surface area contributed by atoms with Gasteiger partial charge in [-0.05, 0) is 12.8 Å². The number of nitrogen functional groups attached to an aromatic ring is 1. The number of nitrogens with two attached hydrogens (primary N) is 1. The number of anilines is 2. The molecule has 110 valence electrons. The lowest BCUT2D eigenvalue weighted by Crippen LogP contribution is -2.41. The van der Waals surface area contributed by atoms with Gasteiger partial charge in [-0.1, -0.05) is 11.3 Å². The summed E-state index contributed by atoms with van der Waals surface area (Å²) in [5.74, 6) is 1.38. The second kappa shape index (κ2) is 5.69. The van der Waals surface area contributed by atoms with Crippen molar-refractivity contribution >= 4 is 39.0 Å². The van der Waals surface area contributed by atoms with Crippen LogP contribution >= 0.6 is 11.3 Å². The van der Waals surface area contributed by atoms with Crippen molar-refractivity contribution in [1.82, 2.24) is 9.88 Å². The van der Waals surface area contributed by atoms with Crippen LogP contribution in [0.15, 0.2) is 0 Å². The molecule has 20 heavy (non-hydrogen) atoms. The van der Waals surface area contributed by atoms with Crippen LogP contribution in [-0.4, -0.2) is 57.7 Å². The Hall–Kier alpha value is -1.15. The molecule has 0 aromatic carbocycles. The number of carbonyl (C=O) groups is 1. The summed E-state index contributed by atoms with van der Waals surface area (Å²) >= 11 is 1.38. The summed E-state index contributed by atoms with van der Waals surface area (Å²) in [6, 6.07) is 0. The molecule has 2 saturated heterocycles. The van der Waals surface area contributed by atoms with Gasteiger partial charge in [0.15, 0.2) is 5.13 Å². The highest BCUT2D eigenvalue weighted by Gasteiger charge is 2.27. The average Bonchev–Trinajstić information content (AvgIpc) is 3.08. The van der Waals surface area contributed by atoms with Gasteiger partial charge in [0.05, 0.1) is 0 Å². The van der Waals surface area contributed by atoms with Crippen molar-refractivity contribution < 1.29 is 9.00 Å². The van der Waals surface area contributed by atoms with E-state index >= 15 is 0 Å². The molecule has 6 nitrogen and oxygen atoms in total. The molecular formula is C12H18N4O2S2. The Kier molecular flexibility index (Phi) is 3.93. The number of aromatic nitrogens is 1. The molecule has 1 aromatic heterocycles. The first-order chi connectivity index (χ1) is 9.65. The SMILES string of the molecule is Nc1nc(N2CCCC2)sc1C(=O)N1CCS(=O)CC1.